The van der Waals surface area contributed by atoms with Crippen LogP contribution in [0.4, 0.5) is 16.3 Å². The third kappa shape index (κ3) is 6.78. The van der Waals surface area contributed by atoms with Crippen molar-refractivity contribution in [3.05, 3.63) is 40.5 Å². The van der Waals surface area contributed by atoms with Crippen LogP contribution >= 0.6 is 23.2 Å². The number of aromatic nitrogens is 1. The zero-order valence-corrected chi connectivity index (χ0v) is 21.1. The number of hydrogen-bond acceptors (Lipinski definition) is 6. The second-order valence-corrected chi connectivity index (χ2v) is 9.83. The Kier molecular flexibility index (Phi) is 8.70. The molecule has 1 saturated heterocycles. The van der Waals surface area contributed by atoms with E-state index in [0.29, 0.717) is 40.2 Å². The van der Waals surface area contributed by atoms with Crippen molar-refractivity contribution in [2.75, 3.05) is 37.5 Å². The molecule has 2 aliphatic rings. The fourth-order valence-electron chi connectivity index (χ4n) is 4.57. The minimum atomic E-state index is -0.485. The van der Waals surface area contributed by atoms with Gasteiger partial charge in [0.05, 0.1) is 12.1 Å². The predicted octanol–water partition coefficient (Wildman–Crippen LogP) is 5.36. The Morgan fingerprint density at radius 2 is 1.86 bits per heavy atom. The lowest BCUT2D eigenvalue weighted by molar-refractivity contribution is -0.119. The van der Waals surface area contributed by atoms with Crippen molar-refractivity contribution in [3.8, 4) is 11.1 Å². The third-order valence-corrected chi connectivity index (χ3v) is 7.24. The average Bonchev–Trinajstić information content (AvgIpc) is 3.34. The smallest absolute Gasteiger partial charge is 0.407 e. The monoisotopic (exact) mass is 520 g/mol. The topological polar surface area (TPSA) is 102 Å². The number of pyridine rings is 1. The Balaban J connectivity index is 1.43. The van der Waals surface area contributed by atoms with Gasteiger partial charge in [0.2, 0.25) is 5.91 Å². The van der Waals surface area contributed by atoms with Gasteiger partial charge in [0.15, 0.2) is 0 Å². The van der Waals surface area contributed by atoms with E-state index in [4.69, 9.17) is 27.9 Å². The number of hydrogen-bond donors (Lipinski definition) is 3. The van der Waals surface area contributed by atoms with Gasteiger partial charge in [-0.25, -0.2) is 9.78 Å². The summed E-state index contributed by atoms with van der Waals surface area (Å²) in [6.07, 6.45) is 5.07. The van der Waals surface area contributed by atoms with E-state index in [2.05, 4.69) is 25.7 Å². The maximum atomic E-state index is 12.8. The van der Waals surface area contributed by atoms with Gasteiger partial charge in [0.1, 0.15) is 5.82 Å². The number of rotatable bonds is 7. The molecule has 4 rings (SSSR count). The van der Waals surface area contributed by atoms with E-state index in [1.54, 1.807) is 6.07 Å². The summed E-state index contributed by atoms with van der Waals surface area (Å²) in [5.74, 6) is 0.611. The van der Waals surface area contributed by atoms with E-state index >= 15 is 0 Å². The summed E-state index contributed by atoms with van der Waals surface area (Å²) in [5.41, 5.74) is 2.40. The van der Waals surface area contributed by atoms with Gasteiger partial charge in [-0.2, -0.15) is 0 Å². The first-order chi connectivity index (χ1) is 16.9. The van der Waals surface area contributed by atoms with Crippen LogP contribution < -0.4 is 16.0 Å². The fraction of sp³-hybridized carbons (Fsp3) is 0.480. The first-order valence-electron chi connectivity index (χ1n) is 11.9. The first kappa shape index (κ1) is 25.5. The number of nitrogens with one attached hydrogen (secondary N) is 3. The number of ether oxygens (including phenoxy) is 2. The van der Waals surface area contributed by atoms with Gasteiger partial charge in [-0.05, 0) is 62.3 Å². The summed E-state index contributed by atoms with van der Waals surface area (Å²) < 4.78 is 10.1. The van der Waals surface area contributed by atoms with Crippen molar-refractivity contribution >= 4 is 46.7 Å². The summed E-state index contributed by atoms with van der Waals surface area (Å²) in [4.78, 5) is 28.5. The molecule has 2 aromatic rings. The van der Waals surface area contributed by atoms with Crippen LogP contribution in [0.25, 0.3) is 11.1 Å². The van der Waals surface area contributed by atoms with E-state index in [9.17, 15) is 9.59 Å². The molecule has 35 heavy (non-hydrogen) atoms. The molecule has 2 amide bonds. The van der Waals surface area contributed by atoms with E-state index in [0.717, 1.165) is 50.3 Å². The number of anilines is 2. The van der Waals surface area contributed by atoms with Crippen LogP contribution in [-0.4, -0.2) is 49.9 Å². The summed E-state index contributed by atoms with van der Waals surface area (Å²) in [5, 5.41) is 10.1. The number of alkyl carbamates (subject to hydrolysis) is 1. The van der Waals surface area contributed by atoms with Crippen LogP contribution in [0.5, 0.6) is 0 Å². The van der Waals surface area contributed by atoms with Crippen LogP contribution in [0.2, 0.25) is 10.0 Å². The SMILES string of the molecule is COC(=O)N[C@H]1CC[C@@H](C(=O)Nc2cc(-c3cc(NCC4CCOCC4)ccc3Cl)c(Cl)cn2)C1. The lowest BCUT2D eigenvalue weighted by Gasteiger charge is -2.23. The quantitative estimate of drug-likeness (QED) is 0.454. The maximum Gasteiger partial charge on any atom is 0.407 e. The Bertz CT molecular complexity index is 1060. The van der Waals surface area contributed by atoms with Gasteiger partial charge in [0.25, 0.3) is 0 Å². The van der Waals surface area contributed by atoms with Crippen molar-refractivity contribution in [3.63, 3.8) is 0 Å². The lowest BCUT2D eigenvalue weighted by atomic mass is 10.00. The molecule has 188 valence electrons. The Morgan fingerprint density at radius 1 is 1.09 bits per heavy atom. The highest BCUT2D eigenvalue weighted by Gasteiger charge is 2.31. The van der Waals surface area contributed by atoms with Gasteiger partial charge in [-0.1, -0.05) is 23.2 Å². The molecule has 1 saturated carbocycles. The minimum absolute atomic E-state index is 0.0814. The second kappa shape index (κ2) is 11.9. The van der Waals surface area contributed by atoms with E-state index in [1.807, 2.05) is 18.2 Å². The van der Waals surface area contributed by atoms with Crippen molar-refractivity contribution < 1.29 is 19.1 Å². The molecule has 2 fully saturated rings. The molecule has 1 aromatic carbocycles. The molecule has 0 bridgehead atoms. The van der Waals surface area contributed by atoms with Gasteiger partial charge in [-0.15, -0.1) is 0 Å². The molecular formula is C25H30Cl2N4O4. The van der Waals surface area contributed by atoms with Crippen LogP contribution in [0.1, 0.15) is 32.1 Å². The van der Waals surface area contributed by atoms with E-state index in [1.165, 1.54) is 13.3 Å². The maximum absolute atomic E-state index is 12.8. The van der Waals surface area contributed by atoms with Gasteiger partial charge in [-0.3, -0.25) is 4.79 Å². The standard InChI is InChI=1S/C25H30Cl2N4O4/c1-34-25(33)30-18-3-2-16(10-18)24(32)31-23-12-20(22(27)14-29-23)19-11-17(4-5-21(19)26)28-13-15-6-8-35-9-7-15/h4-5,11-12,14-16,18,28H,2-3,6-10,13H2,1H3,(H,30,33)(H,29,31,32)/t16-,18+/m1/s1. The van der Waals surface area contributed by atoms with Crippen LogP contribution in [0, 0.1) is 11.8 Å². The summed E-state index contributed by atoms with van der Waals surface area (Å²) >= 11 is 13.0. The highest BCUT2D eigenvalue weighted by molar-refractivity contribution is 6.36. The number of carbonyl (C=O) groups is 2. The van der Waals surface area contributed by atoms with Gasteiger partial charge < -0.3 is 25.4 Å². The molecule has 8 nitrogen and oxygen atoms in total. The Morgan fingerprint density at radius 3 is 2.63 bits per heavy atom. The number of methoxy groups -OCH3 is 1. The van der Waals surface area contributed by atoms with Gasteiger partial charge in [0, 0.05) is 59.8 Å². The van der Waals surface area contributed by atoms with Crippen molar-refractivity contribution in [2.45, 2.75) is 38.1 Å². The molecule has 10 heteroatoms. The highest BCUT2D eigenvalue weighted by Crippen LogP contribution is 2.36. The van der Waals surface area contributed by atoms with Crippen LogP contribution in [0.15, 0.2) is 30.5 Å². The second-order valence-electron chi connectivity index (χ2n) is 9.01. The number of amides is 2. The predicted molar refractivity (Wildman–Crippen MR) is 137 cm³/mol. The van der Waals surface area contributed by atoms with Gasteiger partial charge >= 0.3 is 6.09 Å². The largest absolute Gasteiger partial charge is 0.453 e. The molecule has 1 aliphatic carbocycles. The number of halogens is 2. The van der Waals surface area contributed by atoms with Crippen molar-refractivity contribution in [1.82, 2.24) is 10.3 Å². The summed E-state index contributed by atoms with van der Waals surface area (Å²) in [7, 11) is 1.32. The third-order valence-electron chi connectivity index (χ3n) is 6.61. The zero-order valence-electron chi connectivity index (χ0n) is 19.6. The molecule has 3 N–H and O–H groups in total. The summed E-state index contributed by atoms with van der Waals surface area (Å²) in [6.45, 7) is 2.48. The van der Waals surface area contributed by atoms with E-state index < -0.39 is 6.09 Å². The molecule has 1 aliphatic heterocycles. The van der Waals surface area contributed by atoms with Crippen LogP contribution in [-0.2, 0) is 14.3 Å². The molecule has 0 unspecified atom stereocenters. The van der Waals surface area contributed by atoms with E-state index in [-0.39, 0.29) is 17.9 Å². The number of nitrogens with zero attached hydrogens (tertiary/aromatic N) is 1. The Hall–Kier alpha value is -2.55. The zero-order chi connectivity index (χ0) is 24.8. The molecule has 0 spiro atoms. The fourth-order valence-corrected chi connectivity index (χ4v) is 5.00. The van der Waals surface area contributed by atoms with Crippen molar-refractivity contribution in [1.29, 1.82) is 0 Å². The normalized spacial score (nSPS) is 20.3. The number of carbonyl (C=O) groups excluding carboxylic acids is 2. The molecular weight excluding hydrogens is 491 g/mol. The molecule has 2 atom stereocenters. The van der Waals surface area contributed by atoms with Crippen molar-refractivity contribution in [2.24, 2.45) is 11.8 Å². The first-order valence-corrected chi connectivity index (χ1v) is 12.6. The molecule has 2 heterocycles. The average molecular weight is 521 g/mol. The lowest BCUT2D eigenvalue weighted by Crippen LogP contribution is -2.33. The number of benzene rings is 1. The molecule has 1 aromatic heterocycles. The highest BCUT2D eigenvalue weighted by atomic mass is 35.5. The Labute approximate surface area is 215 Å². The molecule has 0 radical (unpaired) electrons. The summed E-state index contributed by atoms with van der Waals surface area (Å²) in [6, 6.07) is 7.41. The van der Waals surface area contributed by atoms with Crippen LogP contribution in [0.3, 0.4) is 0 Å². The minimum Gasteiger partial charge on any atom is -0.453 e.